The molecule has 0 bridgehead atoms. The predicted molar refractivity (Wildman–Crippen MR) is 55.0 cm³/mol. The molecule has 1 aromatic heterocycles. The lowest BCUT2D eigenvalue weighted by atomic mass is 10.0. The average molecular weight is 177 g/mol. The summed E-state index contributed by atoms with van der Waals surface area (Å²) in [4.78, 5) is 3.98. The van der Waals surface area contributed by atoms with Crippen LogP contribution in [0.25, 0.3) is 0 Å². The van der Waals surface area contributed by atoms with Gasteiger partial charge in [-0.1, -0.05) is 11.6 Å². The molecule has 0 aliphatic rings. The first-order valence-electron chi connectivity index (χ1n) is 4.21. The van der Waals surface area contributed by atoms with Crippen LogP contribution < -0.4 is 11.5 Å². The molecule has 0 radical (unpaired) electrons. The van der Waals surface area contributed by atoms with Gasteiger partial charge in [-0.3, -0.25) is 0 Å². The van der Waals surface area contributed by atoms with Crippen LogP contribution in [-0.2, 0) is 0 Å². The second-order valence-electron chi connectivity index (χ2n) is 3.25. The quantitative estimate of drug-likeness (QED) is 0.690. The van der Waals surface area contributed by atoms with Gasteiger partial charge in [0.1, 0.15) is 5.82 Å². The summed E-state index contributed by atoms with van der Waals surface area (Å²) in [6.45, 7) is 5.76. The molecule has 4 N–H and O–H groups in total. The van der Waals surface area contributed by atoms with E-state index < -0.39 is 0 Å². The number of nitrogens with zero attached hydrogens (tertiary/aromatic N) is 1. The highest BCUT2D eigenvalue weighted by Crippen LogP contribution is 2.20. The molecule has 0 aliphatic carbocycles. The molecule has 0 aliphatic heterocycles. The van der Waals surface area contributed by atoms with Crippen molar-refractivity contribution in [1.29, 1.82) is 0 Å². The zero-order chi connectivity index (χ0) is 9.84. The third kappa shape index (κ3) is 2.56. The predicted octanol–water partition coefficient (Wildman–Crippen LogP) is 1.63. The van der Waals surface area contributed by atoms with Crippen molar-refractivity contribution in [2.75, 3.05) is 5.73 Å². The van der Waals surface area contributed by atoms with Crippen molar-refractivity contribution in [1.82, 2.24) is 4.98 Å². The first-order valence-corrected chi connectivity index (χ1v) is 4.21. The topological polar surface area (TPSA) is 64.9 Å². The third-order valence-corrected chi connectivity index (χ3v) is 1.84. The Bertz CT molecular complexity index is 307. The number of nitrogen functional groups attached to an aromatic ring is 1. The molecular weight excluding hydrogens is 162 g/mol. The first-order chi connectivity index (χ1) is 6.11. The number of hydrogen-bond donors (Lipinski definition) is 2. The van der Waals surface area contributed by atoms with Crippen molar-refractivity contribution in [3.63, 3.8) is 0 Å². The minimum Gasteiger partial charge on any atom is -0.383 e. The molecule has 3 heteroatoms. The Kier molecular flexibility index (Phi) is 3.03. The van der Waals surface area contributed by atoms with E-state index >= 15 is 0 Å². The van der Waals surface area contributed by atoms with E-state index in [0.29, 0.717) is 5.82 Å². The zero-order valence-corrected chi connectivity index (χ0v) is 7.83. The van der Waals surface area contributed by atoms with Crippen molar-refractivity contribution in [2.24, 2.45) is 5.73 Å². The van der Waals surface area contributed by atoms with Gasteiger partial charge in [-0.05, 0) is 19.4 Å². The van der Waals surface area contributed by atoms with E-state index in [-0.39, 0.29) is 6.04 Å². The summed E-state index contributed by atoms with van der Waals surface area (Å²) < 4.78 is 0. The van der Waals surface area contributed by atoms with Crippen molar-refractivity contribution in [3.05, 3.63) is 36.0 Å². The third-order valence-electron chi connectivity index (χ3n) is 1.84. The van der Waals surface area contributed by atoms with E-state index in [2.05, 4.69) is 11.6 Å². The first kappa shape index (κ1) is 9.74. The standard InChI is InChI=1S/C10H15N3/c1-7(2)6-9(11)8-4-3-5-13-10(8)12/h3-5,9H,1,6,11H2,2H3,(H2,12,13)/t9-/m0/s1. The average Bonchev–Trinajstić information content (AvgIpc) is 2.03. The normalized spacial score (nSPS) is 12.5. The SMILES string of the molecule is C=C(C)C[C@H](N)c1cccnc1N. The van der Waals surface area contributed by atoms with E-state index in [1.165, 1.54) is 0 Å². The van der Waals surface area contributed by atoms with Crippen molar-refractivity contribution in [3.8, 4) is 0 Å². The fraction of sp³-hybridized carbons (Fsp3) is 0.300. The Labute approximate surface area is 78.5 Å². The van der Waals surface area contributed by atoms with Crippen LogP contribution in [0.2, 0.25) is 0 Å². The van der Waals surface area contributed by atoms with E-state index in [1.807, 2.05) is 19.1 Å². The molecule has 0 unspecified atom stereocenters. The lowest BCUT2D eigenvalue weighted by Crippen LogP contribution is -2.13. The van der Waals surface area contributed by atoms with Crippen LogP contribution >= 0.6 is 0 Å². The Hall–Kier alpha value is -1.35. The molecule has 0 saturated carbocycles. The molecule has 0 fully saturated rings. The molecule has 0 amide bonds. The Morgan fingerprint density at radius 3 is 2.92 bits per heavy atom. The Morgan fingerprint density at radius 1 is 1.69 bits per heavy atom. The molecule has 0 aromatic carbocycles. The second-order valence-corrected chi connectivity index (χ2v) is 3.25. The Morgan fingerprint density at radius 2 is 2.38 bits per heavy atom. The van der Waals surface area contributed by atoms with Crippen LogP contribution in [0, 0.1) is 0 Å². The van der Waals surface area contributed by atoms with Crippen molar-refractivity contribution < 1.29 is 0 Å². The minimum atomic E-state index is -0.0915. The van der Waals surface area contributed by atoms with Gasteiger partial charge in [0.15, 0.2) is 0 Å². The number of anilines is 1. The minimum absolute atomic E-state index is 0.0915. The zero-order valence-electron chi connectivity index (χ0n) is 7.83. The molecule has 1 heterocycles. The summed E-state index contributed by atoms with van der Waals surface area (Å²) in [7, 11) is 0. The fourth-order valence-corrected chi connectivity index (χ4v) is 1.23. The van der Waals surface area contributed by atoms with E-state index in [9.17, 15) is 0 Å². The van der Waals surface area contributed by atoms with Crippen molar-refractivity contribution in [2.45, 2.75) is 19.4 Å². The Balaban J connectivity index is 2.82. The van der Waals surface area contributed by atoms with Gasteiger partial charge < -0.3 is 11.5 Å². The highest BCUT2D eigenvalue weighted by molar-refractivity contribution is 5.41. The van der Waals surface area contributed by atoms with Crippen LogP contribution in [0.1, 0.15) is 24.9 Å². The molecule has 1 rings (SSSR count). The largest absolute Gasteiger partial charge is 0.383 e. The second kappa shape index (κ2) is 4.05. The van der Waals surface area contributed by atoms with Crippen LogP contribution in [0.15, 0.2) is 30.5 Å². The molecule has 0 spiro atoms. The number of hydrogen-bond acceptors (Lipinski definition) is 3. The molecule has 1 aromatic rings. The van der Waals surface area contributed by atoms with Crippen LogP contribution in [0.3, 0.4) is 0 Å². The van der Waals surface area contributed by atoms with E-state index in [0.717, 1.165) is 17.6 Å². The molecule has 1 atom stereocenters. The van der Waals surface area contributed by atoms with Gasteiger partial charge in [0, 0.05) is 17.8 Å². The molecule has 3 nitrogen and oxygen atoms in total. The fourth-order valence-electron chi connectivity index (χ4n) is 1.23. The molecule has 0 saturated heterocycles. The molecule has 13 heavy (non-hydrogen) atoms. The van der Waals surface area contributed by atoms with Gasteiger partial charge in [0.05, 0.1) is 0 Å². The summed E-state index contributed by atoms with van der Waals surface area (Å²) in [6.07, 6.45) is 2.40. The summed E-state index contributed by atoms with van der Waals surface area (Å²) in [5.41, 5.74) is 13.5. The highest BCUT2D eigenvalue weighted by atomic mass is 14.8. The van der Waals surface area contributed by atoms with E-state index in [4.69, 9.17) is 11.5 Å². The van der Waals surface area contributed by atoms with Gasteiger partial charge in [0.2, 0.25) is 0 Å². The van der Waals surface area contributed by atoms with Crippen molar-refractivity contribution >= 4 is 5.82 Å². The highest BCUT2D eigenvalue weighted by Gasteiger charge is 2.09. The van der Waals surface area contributed by atoms with Gasteiger partial charge in [-0.15, -0.1) is 6.58 Å². The van der Waals surface area contributed by atoms with E-state index in [1.54, 1.807) is 6.20 Å². The summed E-state index contributed by atoms with van der Waals surface area (Å²) in [6, 6.07) is 3.64. The number of nitrogens with two attached hydrogens (primary N) is 2. The molecule has 70 valence electrons. The number of rotatable bonds is 3. The van der Waals surface area contributed by atoms with Crippen LogP contribution in [0.4, 0.5) is 5.82 Å². The lowest BCUT2D eigenvalue weighted by Gasteiger charge is -2.12. The smallest absolute Gasteiger partial charge is 0.128 e. The van der Waals surface area contributed by atoms with Crippen LogP contribution in [-0.4, -0.2) is 4.98 Å². The maximum atomic E-state index is 5.92. The van der Waals surface area contributed by atoms with Gasteiger partial charge in [0.25, 0.3) is 0 Å². The van der Waals surface area contributed by atoms with Gasteiger partial charge >= 0.3 is 0 Å². The monoisotopic (exact) mass is 177 g/mol. The number of pyridine rings is 1. The van der Waals surface area contributed by atoms with Crippen LogP contribution in [0.5, 0.6) is 0 Å². The summed E-state index contributed by atoms with van der Waals surface area (Å²) in [5, 5.41) is 0. The maximum Gasteiger partial charge on any atom is 0.128 e. The number of aromatic nitrogens is 1. The molecular formula is C10H15N3. The van der Waals surface area contributed by atoms with Gasteiger partial charge in [-0.2, -0.15) is 0 Å². The lowest BCUT2D eigenvalue weighted by molar-refractivity contribution is 0.716. The maximum absolute atomic E-state index is 5.92. The van der Waals surface area contributed by atoms with Gasteiger partial charge in [-0.25, -0.2) is 4.98 Å². The summed E-state index contributed by atoms with van der Waals surface area (Å²) in [5.74, 6) is 0.510. The summed E-state index contributed by atoms with van der Waals surface area (Å²) >= 11 is 0.